The number of nitrogens with two attached hydrogens (primary N) is 2. The summed E-state index contributed by atoms with van der Waals surface area (Å²) in [5.41, 5.74) is 13.2. The summed E-state index contributed by atoms with van der Waals surface area (Å²) in [6.45, 7) is 3.06. The SMILES string of the molecule is COc1cc(C)c(NCC(N)CN)cc1Cl. The van der Waals surface area contributed by atoms with Gasteiger partial charge in [-0.15, -0.1) is 0 Å². The first-order valence-electron chi connectivity index (χ1n) is 5.12. The molecule has 5 N–H and O–H groups in total. The highest BCUT2D eigenvalue weighted by molar-refractivity contribution is 6.32. The van der Waals surface area contributed by atoms with E-state index in [9.17, 15) is 0 Å². The molecular formula is C11H18ClN3O. The van der Waals surface area contributed by atoms with Crippen molar-refractivity contribution >= 4 is 17.3 Å². The van der Waals surface area contributed by atoms with Gasteiger partial charge in [0.05, 0.1) is 12.1 Å². The highest BCUT2D eigenvalue weighted by atomic mass is 35.5. The fourth-order valence-electron chi connectivity index (χ4n) is 1.33. The Morgan fingerprint density at radius 3 is 2.75 bits per heavy atom. The third-order valence-corrected chi connectivity index (χ3v) is 2.65. The number of ether oxygens (including phenoxy) is 1. The molecule has 16 heavy (non-hydrogen) atoms. The van der Waals surface area contributed by atoms with E-state index in [0.29, 0.717) is 23.9 Å². The van der Waals surface area contributed by atoms with Crippen molar-refractivity contribution in [1.29, 1.82) is 0 Å². The lowest BCUT2D eigenvalue weighted by Gasteiger charge is -2.15. The van der Waals surface area contributed by atoms with Crippen molar-refractivity contribution in [3.63, 3.8) is 0 Å². The summed E-state index contributed by atoms with van der Waals surface area (Å²) in [6.07, 6.45) is 0. The molecule has 0 heterocycles. The number of anilines is 1. The van der Waals surface area contributed by atoms with Gasteiger partial charge in [0.15, 0.2) is 0 Å². The highest BCUT2D eigenvalue weighted by Gasteiger charge is 2.07. The van der Waals surface area contributed by atoms with E-state index in [1.807, 2.05) is 19.1 Å². The summed E-state index contributed by atoms with van der Waals surface area (Å²) in [5.74, 6) is 0.674. The summed E-state index contributed by atoms with van der Waals surface area (Å²) in [6, 6.07) is 3.66. The van der Waals surface area contributed by atoms with Crippen molar-refractivity contribution in [2.75, 3.05) is 25.5 Å². The molecule has 0 aliphatic rings. The fourth-order valence-corrected chi connectivity index (χ4v) is 1.57. The van der Waals surface area contributed by atoms with Gasteiger partial charge in [-0.3, -0.25) is 0 Å². The monoisotopic (exact) mass is 243 g/mol. The first-order valence-corrected chi connectivity index (χ1v) is 5.50. The lowest BCUT2D eigenvalue weighted by atomic mass is 10.2. The second-order valence-electron chi connectivity index (χ2n) is 3.68. The van der Waals surface area contributed by atoms with Gasteiger partial charge in [-0.05, 0) is 24.6 Å². The summed E-state index contributed by atoms with van der Waals surface area (Å²) < 4.78 is 5.12. The van der Waals surface area contributed by atoms with E-state index in [2.05, 4.69) is 5.32 Å². The van der Waals surface area contributed by atoms with Crippen LogP contribution in [-0.2, 0) is 0 Å². The van der Waals surface area contributed by atoms with Crippen LogP contribution in [0.4, 0.5) is 5.69 Å². The average Bonchev–Trinajstić information content (AvgIpc) is 2.29. The van der Waals surface area contributed by atoms with Crippen LogP contribution in [0.15, 0.2) is 12.1 Å². The molecule has 1 atom stereocenters. The molecule has 5 heteroatoms. The number of rotatable bonds is 5. The van der Waals surface area contributed by atoms with Crippen molar-refractivity contribution < 1.29 is 4.74 Å². The molecule has 1 rings (SSSR count). The number of hydrogen-bond donors (Lipinski definition) is 3. The molecule has 90 valence electrons. The van der Waals surface area contributed by atoms with Crippen LogP contribution in [0.2, 0.25) is 5.02 Å². The highest BCUT2D eigenvalue weighted by Crippen LogP contribution is 2.30. The minimum absolute atomic E-state index is 0.0553. The third-order valence-electron chi connectivity index (χ3n) is 2.36. The smallest absolute Gasteiger partial charge is 0.137 e. The van der Waals surface area contributed by atoms with Gasteiger partial charge >= 0.3 is 0 Å². The molecule has 0 spiro atoms. The van der Waals surface area contributed by atoms with Crippen LogP contribution >= 0.6 is 11.6 Å². The normalized spacial score (nSPS) is 12.3. The van der Waals surface area contributed by atoms with Gasteiger partial charge in [-0.2, -0.15) is 0 Å². The lowest BCUT2D eigenvalue weighted by Crippen LogP contribution is -2.36. The van der Waals surface area contributed by atoms with Gasteiger partial charge in [0.2, 0.25) is 0 Å². The molecule has 0 saturated heterocycles. The van der Waals surface area contributed by atoms with Crippen LogP contribution in [0.1, 0.15) is 5.56 Å². The molecule has 0 fully saturated rings. The Morgan fingerprint density at radius 2 is 2.19 bits per heavy atom. The van der Waals surface area contributed by atoms with E-state index in [1.165, 1.54) is 0 Å². The molecule has 1 aromatic carbocycles. The first kappa shape index (κ1) is 13.1. The van der Waals surface area contributed by atoms with Crippen LogP contribution in [0, 0.1) is 6.92 Å². The quantitative estimate of drug-likeness (QED) is 0.730. The molecule has 0 radical (unpaired) electrons. The number of aryl methyl sites for hydroxylation is 1. The Labute approximate surface area is 101 Å². The van der Waals surface area contributed by atoms with Gasteiger partial charge in [-0.25, -0.2) is 0 Å². The molecule has 1 unspecified atom stereocenters. The van der Waals surface area contributed by atoms with E-state index in [0.717, 1.165) is 11.3 Å². The summed E-state index contributed by atoms with van der Waals surface area (Å²) in [5, 5.41) is 3.79. The van der Waals surface area contributed by atoms with Crippen molar-refractivity contribution in [3.8, 4) is 5.75 Å². The topological polar surface area (TPSA) is 73.3 Å². The Hall–Kier alpha value is -0.970. The molecule has 0 amide bonds. The van der Waals surface area contributed by atoms with E-state index in [1.54, 1.807) is 7.11 Å². The molecule has 0 bridgehead atoms. The lowest BCUT2D eigenvalue weighted by molar-refractivity contribution is 0.415. The zero-order valence-electron chi connectivity index (χ0n) is 9.59. The van der Waals surface area contributed by atoms with Crippen molar-refractivity contribution in [2.45, 2.75) is 13.0 Å². The summed E-state index contributed by atoms with van der Waals surface area (Å²) in [4.78, 5) is 0. The Morgan fingerprint density at radius 1 is 1.50 bits per heavy atom. The van der Waals surface area contributed by atoms with Crippen LogP contribution < -0.4 is 21.5 Å². The number of halogens is 1. The first-order chi connectivity index (χ1) is 7.58. The number of hydrogen-bond acceptors (Lipinski definition) is 4. The maximum atomic E-state index is 6.03. The minimum Gasteiger partial charge on any atom is -0.495 e. The van der Waals surface area contributed by atoms with Crippen molar-refractivity contribution in [2.24, 2.45) is 11.5 Å². The van der Waals surface area contributed by atoms with E-state index < -0.39 is 0 Å². The van der Waals surface area contributed by atoms with E-state index in [4.69, 9.17) is 27.8 Å². The zero-order valence-corrected chi connectivity index (χ0v) is 10.3. The van der Waals surface area contributed by atoms with Gasteiger partial charge in [0, 0.05) is 24.8 Å². The molecule has 4 nitrogen and oxygen atoms in total. The predicted octanol–water partition coefficient (Wildman–Crippen LogP) is 1.35. The average molecular weight is 244 g/mol. The van der Waals surface area contributed by atoms with Crippen LogP contribution in [0.3, 0.4) is 0 Å². The van der Waals surface area contributed by atoms with Crippen LogP contribution in [-0.4, -0.2) is 26.2 Å². The molecule has 1 aromatic rings. The number of nitrogens with one attached hydrogen (secondary N) is 1. The molecule has 0 saturated carbocycles. The fraction of sp³-hybridized carbons (Fsp3) is 0.455. The maximum Gasteiger partial charge on any atom is 0.137 e. The van der Waals surface area contributed by atoms with Gasteiger partial charge in [-0.1, -0.05) is 11.6 Å². The number of benzene rings is 1. The Kier molecular flexibility index (Phi) is 4.86. The molecule has 0 aromatic heterocycles. The minimum atomic E-state index is -0.0553. The van der Waals surface area contributed by atoms with E-state index in [-0.39, 0.29) is 6.04 Å². The second-order valence-corrected chi connectivity index (χ2v) is 4.09. The summed E-state index contributed by atoms with van der Waals surface area (Å²) >= 11 is 6.03. The molecule has 0 aliphatic heterocycles. The largest absolute Gasteiger partial charge is 0.495 e. The zero-order chi connectivity index (χ0) is 12.1. The molecular weight excluding hydrogens is 226 g/mol. The second kappa shape index (κ2) is 5.94. The molecule has 0 aliphatic carbocycles. The van der Waals surface area contributed by atoms with Crippen LogP contribution in [0.5, 0.6) is 5.75 Å². The van der Waals surface area contributed by atoms with Gasteiger partial charge in [0.25, 0.3) is 0 Å². The Bertz CT molecular complexity index is 357. The van der Waals surface area contributed by atoms with Crippen molar-refractivity contribution in [1.82, 2.24) is 0 Å². The number of methoxy groups -OCH3 is 1. The maximum absolute atomic E-state index is 6.03. The predicted molar refractivity (Wildman–Crippen MR) is 68.3 cm³/mol. The van der Waals surface area contributed by atoms with Gasteiger partial charge < -0.3 is 21.5 Å². The summed E-state index contributed by atoms with van der Waals surface area (Å²) in [7, 11) is 1.60. The Balaban J connectivity index is 2.77. The third kappa shape index (κ3) is 3.27. The van der Waals surface area contributed by atoms with Crippen molar-refractivity contribution in [3.05, 3.63) is 22.7 Å². The van der Waals surface area contributed by atoms with Crippen LogP contribution in [0.25, 0.3) is 0 Å². The van der Waals surface area contributed by atoms with Gasteiger partial charge in [0.1, 0.15) is 5.75 Å². The van der Waals surface area contributed by atoms with E-state index >= 15 is 0 Å². The standard InChI is InChI=1S/C11H18ClN3O/c1-7-3-11(16-2)9(12)4-10(7)15-6-8(14)5-13/h3-4,8,15H,5-6,13-14H2,1-2H3.